The molecule has 2 nitrogen and oxygen atoms in total. The predicted molar refractivity (Wildman–Crippen MR) is 38.3 cm³/mol. The molecule has 1 N–H and O–H groups in total. The minimum atomic E-state index is -0.0502. The van der Waals surface area contributed by atoms with Crippen LogP contribution in [0, 0.1) is 0 Å². The summed E-state index contributed by atoms with van der Waals surface area (Å²) in [6, 6.07) is 0. The van der Waals surface area contributed by atoms with Crippen molar-refractivity contribution in [3.8, 4) is 0 Å². The third kappa shape index (κ3) is 1.11. The Bertz CT molecular complexity index is 105. The Morgan fingerprint density at radius 1 is 1.62 bits per heavy atom. The lowest BCUT2D eigenvalue weighted by atomic mass is 10.4. The van der Waals surface area contributed by atoms with Gasteiger partial charge in [-0.05, 0) is 0 Å². The highest BCUT2D eigenvalue weighted by Gasteiger charge is 2.25. The first-order valence-electron chi connectivity index (χ1n) is 2.35. The van der Waals surface area contributed by atoms with Crippen molar-refractivity contribution in [1.82, 2.24) is 5.32 Å². The minimum absolute atomic E-state index is 0.0463. The molecule has 2 unspecified atom stereocenters. The second kappa shape index (κ2) is 2.19. The third-order valence-electron chi connectivity index (χ3n) is 1.07. The molecule has 0 aromatic heterocycles. The summed E-state index contributed by atoms with van der Waals surface area (Å²) in [6.45, 7) is 0. The van der Waals surface area contributed by atoms with Crippen LogP contribution in [-0.4, -0.2) is 16.5 Å². The Morgan fingerprint density at radius 3 is 2.38 bits per heavy atom. The van der Waals surface area contributed by atoms with Gasteiger partial charge in [0, 0.05) is 11.7 Å². The van der Waals surface area contributed by atoms with E-state index in [1.54, 1.807) is 0 Å². The van der Waals surface area contributed by atoms with Gasteiger partial charge < -0.3 is 5.32 Å². The molecule has 4 heteroatoms. The molecular formula is C4H7NOS2. The van der Waals surface area contributed by atoms with Gasteiger partial charge in [0.05, 0.1) is 5.37 Å². The van der Waals surface area contributed by atoms with Gasteiger partial charge in [-0.3, -0.25) is 4.79 Å². The van der Waals surface area contributed by atoms with Crippen LogP contribution in [0.5, 0.6) is 0 Å². The van der Waals surface area contributed by atoms with Crippen LogP contribution in [-0.2, 0) is 4.79 Å². The van der Waals surface area contributed by atoms with E-state index in [4.69, 9.17) is 0 Å². The average molecular weight is 149 g/mol. The highest BCUT2D eigenvalue weighted by molar-refractivity contribution is 7.85. The molecular weight excluding hydrogens is 142 g/mol. The summed E-state index contributed by atoms with van der Waals surface area (Å²) in [7, 11) is 0. The van der Waals surface area contributed by atoms with E-state index in [1.165, 1.54) is 0 Å². The number of amides is 1. The first-order chi connectivity index (χ1) is 3.70. The van der Waals surface area contributed by atoms with Crippen molar-refractivity contribution < 1.29 is 4.79 Å². The van der Waals surface area contributed by atoms with Crippen LogP contribution < -0.4 is 5.32 Å². The number of hydrogen-bond donors (Lipinski definition) is 3. The van der Waals surface area contributed by atoms with E-state index in [2.05, 4.69) is 30.6 Å². The zero-order valence-electron chi connectivity index (χ0n) is 4.16. The summed E-state index contributed by atoms with van der Waals surface area (Å²) in [6.07, 6.45) is 0.497. The fourth-order valence-corrected chi connectivity index (χ4v) is 1.11. The summed E-state index contributed by atoms with van der Waals surface area (Å²) >= 11 is 8.13. The molecule has 1 rings (SSSR count). The molecule has 0 radical (unpaired) electrons. The minimum Gasteiger partial charge on any atom is -0.343 e. The van der Waals surface area contributed by atoms with Gasteiger partial charge in [-0.2, -0.15) is 25.3 Å². The van der Waals surface area contributed by atoms with Crippen molar-refractivity contribution in [3.63, 3.8) is 0 Å². The van der Waals surface area contributed by atoms with Crippen LogP contribution in [0.15, 0.2) is 0 Å². The number of carbonyl (C=O) groups excluding carboxylic acids is 1. The SMILES string of the molecule is O=C1CC(S)C(S)N1. The maximum atomic E-state index is 10.5. The second-order valence-corrected chi connectivity index (χ2v) is 3.00. The van der Waals surface area contributed by atoms with Crippen molar-refractivity contribution in [2.24, 2.45) is 0 Å². The molecule has 0 aromatic carbocycles. The lowest BCUT2D eigenvalue weighted by molar-refractivity contribution is -0.119. The van der Waals surface area contributed by atoms with Crippen molar-refractivity contribution in [2.75, 3.05) is 0 Å². The van der Waals surface area contributed by atoms with Crippen molar-refractivity contribution in [1.29, 1.82) is 0 Å². The molecule has 1 fully saturated rings. The van der Waals surface area contributed by atoms with E-state index < -0.39 is 0 Å². The normalized spacial score (nSPS) is 37.5. The maximum Gasteiger partial charge on any atom is 0.222 e. The number of thiol groups is 2. The van der Waals surface area contributed by atoms with Crippen LogP contribution in [0.25, 0.3) is 0 Å². The van der Waals surface area contributed by atoms with Gasteiger partial charge in [0.1, 0.15) is 0 Å². The first-order valence-corrected chi connectivity index (χ1v) is 3.39. The van der Waals surface area contributed by atoms with Gasteiger partial charge in [-0.1, -0.05) is 0 Å². The molecule has 0 spiro atoms. The molecule has 1 amide bonds. The largest absolute Gasteiger partial charge is 0.343 e. The number of carbonyl (C=O) groups is 1. The van der Waals surface area contributed by atoms with E-state index in [-0.39, 0.29) is 16.5 Å². The van der Waals surface area contributed by atoms with Crippen LogP contribution in [0.1, 0.15) is 6.42 Å². The van der Waals surface area contributed by atoms with Crippen LogP contribution >= 0.6 is 25.3 Å². The summed E-state index contributed by atoms with van der Waals surface area (Å²) in [5.41, 5.74) is 0. The Balaban J connectivity index is 2.51. The lowest BCUT2D eigenvalue weighted by Crippen LogP contribution is -2.23. The standard InChI is InChI=1S/C4H7NOS2/c6-3-1-2(7)4(8)5-3/h2,4,7-8H,1H2,(H,5,6). The molecule has 0 bridgehead atoms. The second-order valence-electron chi connectivity index (χ2n) is 1.78. The van der Waals surface area contributed by atoms with Crippen LogP contribution in [0.4, 0.5) is 0 Å². The highest BCUT2D eigenvalue weighted by atomic mass is 32.1. The fourth-order valence-electron chi connectivity index (χ4n) is 0.622. The number of rotatable bonds is 0. The predicted octanol–water partition coefficient (Wildman–Crippen LogP) is 0.0606. The van der Waals surface area contributed by atoms with Crippen molar-refractivity contribution >= 4 is 31.2 Å². The summed E-state index contributed by atoms with van der Waals surface area (Å²) in [5.74, 6) is 0.0463. The molecule has 8 heavy (non-hydrogen) atoms. The van der Waals surface area contributed by atoms with E-state index in [0.29, 0.717) is 6.42 Å². The van der Waals surface area contributed by atoms with E-state index >= 15 is 0 Å². The van der Waals surface area contributed by atoms with Crippen LogP contribution in [0.2, 0.25) is 0 Å². The molecule has 1 aliphatic rings. The topological polar surface area (TPSA) is 29.1 Å². The maximum absolute atomic E-state index is 10.5. The monoisotopic (exact) mass is 149 g/mol. The van der Waals surface area contributed by atoms with Crippen molar-refractivity contribution in [3.05, 3.63) is 0 Å². The highest BCUT2D eigenvalue weighted by Crippen LogP contribution is 2.16. The Morgan fingerprint density at radius 2 is 2.25 bits per heavy atom. The van der Waals surface area contributed by atoms with E-state index in [9.17, 15) is 4.79 Å². The smallest absolute Gasteiger partial charge is 0.222 e. The van der Waals surface area contributed by atoms with Gasteiger partial charge in [-0.15, -0.1) is 0 Å². The molecule has 1 aliphatic heterocycles. The summed E-state index contributed by atoms with van der Waals surface area (Å²) in [5, 5.41) is 2.65. The molecule has 0 aliphatic carbocycles. The fraction of sp³-hybridized carbons (Fsp3) is 0.750. The summed E-state index contributed by atoms with van der Waals surface area (Å²) in [4.78, 5) is 10.5. The Kier molecular flexibility index (Phi) is 1.72. The Hall–Kier alpha value is 0.170. The van der Waals surface area contributed by atoms with Crippen molar-refractivity contribution in [2.45, 2.75) is 17.0 Å². The summed E-state index contributed by atoms with van der Waals surface area (Å²) < 4.78 is 0. The molecule has 46 valence electrons. The van der Waals surface area contributed by atoms with Gasteiger partial charge in [0.2, 0.25) is 5.91 Å². The molecule has 1 saturated heterocycles. The van der Waals surface area contributed by atoms with E-state index in [0.717, 1.165) is 0 Å². The first kappa shape index (κ1) is 6.29. The lowest BCUT2D eigenvalue weighted by Gasteiger charge is -2.03. The molecule has 1 heterocycles. The Labute approximate surface area is 58.8 Å². The quantitative estimate of drug-likeness (QED) is 0.418. The molecule has 0 saturated carbocycles. The van der Waals surface area contributed by atoms with Gasteiger partial charge in [-0.25, -0.2) is 0 Å². The van der Waals surface area contributed by atoms with Gasteiger partial charge >= 0.3 is 0 Å². The third-order valence-corrected chi connectivity index (χ3v) is 2.27. The number of nitrogens with one attached hydrogen (secondary N) is 1. The van der Waals surface area contributed by atoms with Gasteiger partial charge in [0.15, 0.2) is 0 Å². The molecule has 2 atom stereocenters. The average Bonchev–Trinajstić information content (AvgIpc) is 1.85. The van der Waals surface area contributed by atoms with Crippen LogP contribution in [0.3, 0.4) is 0 Å². The van der Waals surface area contributed by atoms with E-state index in [1.807, 2.05) is 0 Å². The number of hydrogen-bond acceptors (Lipinski definition) is 3. The zero-order chi connectivity index (χ0) is 6.15. The zero-order valence-corrected chi connectivity index (χ0v) is 5.95. The molecule has 0 aromatic rings. The van der Waals surface area contributed by atoms with Gasteiger partial charge in [0.25, 0.3) is 0 Å².